The summed E-state index contributed by atoms with van der Waals surface area (Å²) in [5.41, 5.74) is 24.5. The maximum absolute atomic E-state index is 13.9. The number of amides is 3. The highest BCUT2D eigenvalue weighted by atomic mass is 33.1. The fraction of sp³-hybridized carbons (Fsp3) is 0.474. The van der Waals surface area contributed by atoms with Crippen LogP contribution in [0.5, 0.6) is 11.5 Å². The highest BCUT2D eigenvalue weighted by molar-refractivity contribution is 8.76. The molecule has 490 valence electrons. The number of hydrogen-bond acceptors (Lipinski definition) is 20. The van der Waals surface area contributed by atoms with Crippen LogP contribution in [0, 0.1) is 11.8 Å². The van der Waals surface area contributed by atoms with Crippen molar-refractivity contribution in [1.82, 2.24) is 35.1 Å². The Labute approximate surface area is 534 Å². The van der Waals surface area contributed by atoms with Crippen LogP contribution in [0.15, 0.2) is 48.0 Å². The number of aryl methyl sites for hydroxylation is 2. The molecular formula is C57H68N12O18P3S2+. The molecule has 0 saturated carbocycles. The van der Waals surface area contributed by atoms with Gasteiger partial charge in [-0.3, -0.25) is 9.32 Å². The average molecular weight is 1370 g/mol. The van der Waals surface area contributed by atoms with E-state index in [9.17, 15) is 43.0 Å². The van der Waals surface area contributed by atoms with Gasteiger partial charge >= 0.3 is 35.5 Å². The number of nitrogen functional groups attached to an aromatic ring is 1. The van der Waals surface area contributed by atoms with Crippen molar-refractivity contribution in [3.8, 4) is 23.3 Å². The Hall–Kier alpha value is -6.58. The van der Waals surface area contributed by atoms with Gasteiger partial charge in [0.25, 0.3) is 5.91 Å². The van der Waals surface area contributed by atoms with Crippen LogP contribution in [0.4, 0.5) is 16.3 Å². The Morgan fingerprint density at radius 1 is 0.891 bits per heavy atom. The molecule has 35 heteroatoms. The van der Waals surface area contributed by atoms with Crippen LogP contribution in [0.2, 0.25) is 0 Å². The minimum Gasteiger partial charge on any atom is -0.478 e. The summed E-state index contributed by atoms with van der Waals surface area (Å²) in [5.74, 6) is 7.21. The number of nitrogens with one attached hydrogen (secondary N) is 3. The van der Waals surface area contributed by atoms with Crippen LogP contribution >= 0.6 is 45.1 Å². The number of aromatic nitrogens is 3. The number of phosphoric ester groups is 1. The first kappa shape index (κ1) is 66.9. The van der Waals surface area contributed by atoms with Crippen molar-refractivity contribution in [3.05, 3.63) is 114 Å². The van der Waals surface area contributed by atoms with Crippen LogP contribution in [0.25, 0.3) is 27.0 Å². The van der Waals surface area contributed by atoms with Crippen molar-refractivity contribution >= 4 is 91.1 Å². The Morgan fingerprint density at radius 3 is 2.49 bits per heavy atom. The van der Waals surface area contributed by atoms with Gasteiger partial charge in [-0.25, -0.2) is 37.8 Å². The molecule has 2 aromatic heterocycles. The fourth-order valence-corrected chi connectivity index (χ4v) is 17.3. The van der Waals surface area contributed by atoms with Gasteiger partial charge in [0, 0.05) is 108 Å². The third-order valence-corrected chi connectivity index (χ3v) is 22.2. The number of aromatic carboxylic acids is 1. The van der Waals surface area contributed by atoms with Gasteiger partial charge in [0.2, 0.25) is 5.36 Å². The van der Waals surface area contributed by atoms with E-state index >= 15 is 0 Å². The lowest BCUT2D eigenvalue weighted by Crippen LogP contribution is -2.45. The summed E-state index contributed by atoms with van der Waals surface area (Å²) in [5, 5.41) is 25.1. The maximum Gasteiger partial charge on any atom is 0.490 e. The van der Waals surface area contributed by atoms with E-state index in [0.717, 1.165) is 118 Å². The van der Waals surface area contributed by atoms with E-state index in [0.29, 0.717) is 59.9 Å². The van der Waals surface area contributed by atoms with Crippen LogP contribution in [-0.4, -0.2) is 147 Å². The highest BCUT2D eigenvalue weighted by Crippen LogP contribution is 2.66. The molecule has 0 spiro atoms. The van der Waals surface area contributed by atoms with Gasteiger partial charge in [0.15, 0.2) is 0 Å². The molecule has 0 bridgehead atoms. The summed E-state index contributed by atoms with van der Waals surface area (Å²) in [7, 11) is -13.9. The van der Waals surface area contributed by atoms with E-state index in [1.807, 2.05) is 0 Å². The van der Waals surface area contributed by atoms with Crippen molar-refractivity contribution < 1.29 is 84.9 Å². The van der Waals surface area contributed by atoms with E-state index < -0.39 is 67.2 Å². The fourth-order valence-electron chi connectivity index (χ4n) is 12.7. The van der Waals surface area contributed by atoms with Crippen molar-refractivity contribution in [1.29, 1.82) is 0 Å². The van der Waals surface area contributed by atoms with E-state index in [1.165, 1.54) is 61.2 Å². The number of carboxylic acids is 1. The number of azide groups is 1. The maximum atomic E-state index is 13.9. The first-order valence-corrected chi connectivity index (χ1v) is 36.9. The number of carbonyl (C=O) groups is 3. The van der Waals surface area contributed by atoms with Gasteiger partial charge < -0.3 is 74.8 Å². The van der Waals surface area contributed by atoms with Crippen LogP contribution in [0.3, 0.4) is 0 Å². The number of phosphoric acid groups is 3. The molecule has 3 aromatic carbocycles. The second-order valence-corrected chi connectivity index (χ2v) is 29.3. The number of carbonyl (C=O) groups excluding carboxylic acids is 2. The number of ether oxygens (including phenoxy) is 4. The van der Waals surface area contributed by atoms with Crippen molar-refractivity contribution in [2.45, 2.75) is 95.5 Å². The predicted octanol–water partition coefficient (Wildman–Crippen LogP) is 6.04. The lowest BCUT2D eigenvalue weighted by atomic mass is 9.81. The molecule has 11 rings (SSSR count). The molecular weight excluding hydrogens is 1300 g/mol. The molecule has 3 amide bonds. The first-order chi connectivity index (χ1) is 44.3. The number of nitrogens with two attached hydrogens (primary N) is 1. The Balaban J connectivity index is 0.617. The highest BCUT2D eigenvalue weighted by Gasteiger charge is 2.44. The third-order valence-electron chi connectivity index (χ3n) is 16.3. The molecule has 5 aromatic rings. The zero-order valence-corrected chi connectivity index (χ0v) is 53.9. The number of fused-ring (bicyclic) bond motifs is 5. The molecule has 8 heterocycles. The normalized spacial score (nSPS) is 19.2. The first-order valence-electron chi connectivity index (χ1n) is 29.8. The number of nitrogens with zero attached hydrogens (tertiary/aromatic N) is 8. The standard InChI is InChI=1S/C57H67N12O18P3S2/c58-53-47-37(29-69(54(47)64-31-63-53)46-28-44(82-32-65-66-59)45(84-46)30-83-89(77,78)87-90(79,80)86-88(74,75)76)9-4-17-62-57(73)61-16-2-1-3-23-81-33-92-91-24-18-60-55(70)36-14-15-38(56(71)72)41(27-36)48-42-25-34-10-5-19-67-21-7-12-39(49(34)67)51(42)85-52-40-13-8-22-68-20-6-11-35(50(40)68)26-43(48)52/h14-15,25-27,29,31,44-46H,1-3,5-8,10-13,16-24,28,30,32-33H2,(H9-,58,60,61,62,63,64,70,71,72,73,74,75,76,77,78,79,80)/p+1/t44-,45+,46+/m0/s1. The van der Waals surface area contributed by atoms with E-state index in [4.69, 9.17) is 44.5 Å². The van der Waals surface area contributed by atoms with Crippen LogP contribution in [-0.2, 0) is 66.7 Å². The second kappa shape index (κ2) is 29.4. The summed E-state index contributed by atoms with van der Waals surface area (Å²) in [6.07, 6.45) is 9.51. The zero-order chi connectivity index (χ0) is 64.7. The molecule has 5 atom stereocenters. The molecule has 92 heavy (non-hydrogen) atoms. The van der Waals surface area contributed by atoms with E-state index in [1.54, 1.807) is 29.0 Å². The SMILES string of the molecule is [N-]=[N+]=NCO[C@H]1C[C@H](n2cc(C#CCNC(=O)NCCCCCOCSSCCNC(=O)c3ccc(C(=O)O)c(C4=c5cc6c7c(c5Oc5c4cc4c8c5CCCN8CCC4)CCC[N+]=7CCC6)c3)c3c(N)ncnc32)O[C@@H]1COP(=O)(O)OP(=O)(O)OP(=O)(O)O. The minimum absolute atomic E-state index is 0.0185. The van der Waals surface area contributed by atoms with Crippen LogP contribution < -0.4 is 46.5 Å². The monoisotopic (exact) mass is 1370 g/mol. The molecule has 30 nitrogen and oxygen atoms in total. The van der Waals surface area contributed by atoms with Gasteiger partial charge in [-0.05, 0) is 105 Å². The Morgan fingerprint density at radius 2 is 1.68 bits per heavy atom. The van der Waals surface area contributed by atoms with Crippen molar-refractivity contribution in [2.24, 2.45) is 5.11 Å². The number of rotatable bonds is 27. The Kier molecular flexibility index (Phi) is 21.3. The molecule has 1 fully saturated rings. The largest absolute Gasteiger partial charge is 0.490 e. The van der Waals surface area contributed by atoms with E-state index in [2.05, 4.69) is 78.0 Å². The molecule has 6 aliphatic rings. The number of hydrogen-bond donors (Lipinski definition) is 9. The topological polar surface area (TPSA) is 416 Å². The van der Waals surface area contributed by atoms with Crippen molar-refractivity contribution in [3.63, 3.8) is 0 Å². The smallest absolute Gasteiger partial charge is 0.478 e. The van der Waals surface area contributed by atoms with Gasteiger partial charge in [0.1, 0.15) is 67.4 Å². The zero-order valence-electron chi connectivity index (χ0n) is 49.6. The minimum atomic E-state index is -5.80. The molecule has 2 unspecified atom stereocenters. The second-order valence-electron chi connectivity index (χ2n) is 22.3. The molecule has 0 radical (unpaired) electrons. The number of carboxylic acid groups (broad SMARTS) is 1. The lowest BCUT2D eigenvalue weighted by molar-refractivity contribution is -0.0582. The number of unbranched alkanes of at least 4 members (excludes halogenated alkanes) is 2. The molecule has 6 aliphatic heterocycles. The van der Waals surface area contributed by atoms with Crippen molar-refractivity contribution in [2.75, 3.05) is 88.1 Å². The summed E-state index contributed by atoms with van der Waals surface area (Å²) < 4.78 is 76.3. The lowest BCUT2D eigenvalue weighted by Gasteiger charge is -2.39. The number of urea groups is 1. The summed E-state index contributed by atoms with van der Waals surface area (Å²) in [6, 6.07) is 8.95. The van der Waals surface area contributed by atoms with Gasteiger partial charge in [0.05, 0.1) is 41.3 Å². The Bertz CT molecular complexity index is 4120. The molecule has 10 N–H and O–H groups in total. The predicted molar refractivity (Wildman–Crippen MR) is 338 cm³/mol. The summed E-state index contributed by atoms with van der Waals surface area (Å²) in [4.78, 5) is 90.4. The van der Waals surface area contributed by atoms with Gasteiger partial charge in [-0.15, -0.1) is 0 Å². The number of benzene rings is 3. The number of anilines is 2. The quantitative estimate of drug-likeness (QED) is 0.00327. The van der Waals surface area contributed by atoms with Gasteiger partial charge in [-0.1, -0.05) is 38.5 Å². The third kappa shape index (κ3) is 15.6. The van der Waals surface area contributed by atoms with Gasteiger partial charge in [-0.2, -0.15) is 8.62 Å². The molecule has 0 aliphatic carbocycles. The average Bonchev–Trinajstić information content (AvgIpc) is 0.869. The van der Waals surface area contributed by atoms with E-state index in [-0.39, 0.29) is 35.9 Å². The molecule has 1 saturated heterocycles. The summed E-state index contributed by atoms with van der Waals surface area (Å²) in [6.45, 7) is 3.92. The van der Waals surface area contributed by atoms with Crippen LogP contribution in [0.1, 0.15) is 117 Å². The summed E-state index contributed by atoms with van der Waals surface area (Å²) >= 11 is 0.